The average molecular weight is 227 g/mol. The number of aliphatic hydroxyl groups is 1. The van der Waals surface area contributed by atoms with Crippen molar-refractivity contribution in [1.29, 1.82) is 0 Å². The molecule has 0 aliphatic heterocycles. The van der Waals surface area contributed by atoms with Gasteiger partial charge in [0.25, 0.3) is 0 Å². The molecular weight excluding hydrogens is 210 g/mol. The Hall–Kier alpha value is -0.580. The molecule has 0 aromatic carbocycles. The van der Waals surface area contributed by atoms with Crippen molar-refractivity contribution in [2.45, 2.75) is 24.5 Å². The van der Waals surface area contributed by atoms with Crippen molar-refractivity contribution in [3.63, 3.8) is 0 Å². The van der Waals surface area contributed by atoms with E-state index in [9.17, 15) is 5.11 Å². The summed E-state index contributed by atoms with van der Waals surface area (Å²) in [5.74, 6) is 0.990. The van der Waals surface area contributed by atoms with Crippen LogP contribution in [0.3, 0.4) is 0 Å². The van der Waals surface area contributed by atoms with Crippen molar-refractivity contribution < 1.29 is 9.84 Å². The Balaban J connectivity index is 2.43. The fourth-order valence-electron chi connectivity index (χ4n) is 1.14. The number of pyridine rings is 1. The van der Waals surface area contributed by atoms with Crippen molar-refractivity contribution in [3.05, 3.63) is 23.9 Å². The molecule has 0 unspecified atom stereocenters. The van der Waals surface area contributed by atoms with Crippen LogP contribution in [0.4, 0.5) is 0 Å². The van der Waals surface area contributed by atoms with Crippen molar-refractivity contribution in [2.75, 3.05) is 19.5 Å². The topological polar surface area (TPSA) is 42.4 Å². The van der Waals surface area contributed by atoms with Crippen LogP contribution in [0.15, 0.2) is 23.4 Å². The lowest BCUT2D eigenvalue weighted by molar-refractivity contribution is 0.198. The SMILES string of the molecule is COCCCSc1cc([C@@H](C)O)ccn1. The summed E-state index contributed by atoms with van der Waals surface area (Å²) in [6.07, 6.45) is 2.33. The van der Waals surface area contributed by atoms with Crippen LogP contribution in [0.25, 0.3) is 0 Å². The highest BCUT2D eigenvalue weighted by atomic mass is 32.2. The minimum Gasteiger partial charge on any atom is -0.389 e. The summed E-state index contributed by atoms with van der Waals surface area (Å²) in [6, 6.07) is 3.77. The Bertz CT molecular complexity index is 292. The van der Waals surface area contributed by atoms with Gasteiger partial charge in [0, 0.05) is 25.7 Å². The van der Waals surface area contributed by atoms with Gasteiger partial charge in [0.2, 0.25) is 0 Å². The summed E-state index contributed by atoms with van der Waals surface area (Å²) in [7, 11) is 1.71. The monoisotopic (exact) mass is 227 g/mol. The number of aliphatic hydroxyl groups excluding tert-OH is 1. The summed E-state index contributed by atoms with van der Waals surface area (Å²) in [5, 5.41) is 10.4. The van der Waals surface area contributed by atoms with Gasteiger partial charge in [-0.1, -0.05) is 0 Å². The van der Waals surface area contributed by atoms with Gasteiger partial charge >= 0.3 is 0 Å². The first kappa shape index (κ1) is 12.5. The summed E-state index contributed by atoms with van der Waals surface area (Å²) >= 11 is 1.69. The number of methoxy groups -OCH3 is 1. The Kier molecular flexibility index (Phi) is 5.68. The van der Waals surface area contributed by atoms with E-state index in [0.29, 0.717) is 0 Å². The van der Waals surface area contributed by atoms with E-state index in [1.807, 2.05) is 12.1 Å². The highest BCUT2D eigenvalue weighted by molar-refractivity contribution is 7.99. The van der Waals surface area contributed by atoms with Gasteiger partial charge < -0.3 is 9.84 Å². The molecule has 0 aliphatic carbocycles. The van der Waals surface area contributed by atoms with E-state index in [4.69, 9.17) is 4.74 Å². The van der Waals surface area contributed by atoms with E-state index >= 15 is 0 Å². The average Bonchev–Trinajstić information content (AvgIpc) is 2.25. The van der Waals surface area contributed by atoms with E-state index in [-0.39, 0.29) is 0 Å². The van der Waals surface area contributed by atoms with Gasteiger partial charge in [0.05, 0.1) is 11.1 Å². The first-order chi connectivity index (χ1) is 7.24. The molecule has 84 valence electrons. The Morgan fingerprint density at radius 2 is 2.40 bits per heavy atom. The van der Waals surface area contributed by atoms with E-state index in [1.54, 1.807) is 32.0 Å². The molecule has 1 aromatic rings. The van der Waals surface area contributed by atoms with E-state index in [0.717, 1.165) is 29.4 Å². The summed E-state index contributed by atoms with van der Waals surface area (Å²) in [5.41, 5.74) is 0.916. The van der Waals surface area contributed by atoms with Crippen LogP contribution in [-0.4, -0.2) is 29.6 Å². The third kappa shape index (κ3) is 4.64. The molecule has 1 atom stereocenters. The van der Waals surface area contributed by atoms with Gasteiger partial charge in [-0.05, 0) is 31.0 Å². The van der Waals surface area contributed by atoms with Crippen LogP contribution in [0.5, 0.6) is 0 Å². The van der Waals surface area contributed by atoms with E-state index < -0.39 is 6.10 Å². The number of aromatic nitrogens is 1. The van der Waals surface area contributed by atoms with E-state index in [1.165, 1.54) is 0 Å². The molecule has 4 heteroatoms. The summed E-state index contributed by atoms with van der Waals surface area (Å²) < 4.78 is 4.97. The van der Waals surface area contributed by atoms with Crippen molar-refractivity contribution >= 4 is 11.8 Å². The van der Waals surface area contributed by atoms with E-state index in [2.05, 4.69) is 4.98 Å². The molecule has 3 nitrogen and oxygen atoms in total. The van der Waals surface area contributed by atoms with Gasteiger partial charge in [-0.25, -0.2) is 4.98 Å². The molecule has 0 saturated heterocycles. The third-order valence-corrected chi connectivity index (χ3v) is 3.00. The first-order valence-electron chi connectivity index (χ1n) is 5.00. The van der Waals surface area contributed by atoms with Gasteiger partial charge in [0.1, 0.15) is 0 Å². The van der Waals surface area contributed by atoms with Gasteiger partial charge in [-0.15, -0.1) is 11.8 Å². The van der Waals surface area contributed by atoms with Gasteiger partial charge in [0.15, 0.2) is 0 Å². The molecular formula is C11H17NO2S. The summed E-state index contributed by atoms with van der Waals surface area (Å²) in [6.45, 7) is 2.54. The minimum absolute atomic E-state index is 0.425. The maximum atomic E-state index is 9.40. The standard InChI is InChI=1S/C11H17NO2S/c1-9(13)10-4-5-12-11(8-10)15-7-3-6-14-2/h4-5,8-9,13H,3,6-7H2,1-2H3/t9-/m1/s1. The number of hydrogen-bond acceptors (Lipinski definition) is 4. The third-order valence-electron chi connectivity index (χ3n) is 1.98. The largest absolute Gasteiger partial charge is 0.389 e. The second-order valence-electron chi connectivity index (χ2n) is 3.30. The molecule has 1 heterocycles. The highest BCUT2D eigenvalue weighted by Gasteiger charge is 2.02. The highest BCUT2D eigenvalue weighted by Crippen LogP contribution is 2.20. The predicted octanol–water partition coefficient (Wildman–Crippen LogP) is 2.26. The molecule has 0 spiro atoms. The quantitative estimate of drug-likeness (QED) is 0.598. The molecule has 1 N–H and O–H groups in total. The van der Waals surface area contributed by atoms with Crippen LogP contribution in [0.2, 0.25) is 0 Å². The molecule has 0 bridgehead atoms. The minimum atomic E-state index is -0.425. The number of hydrogen-bond donors (Lipinski definition) is 1. The van der Waals surface area contributed by atoms with Crippen LogP contribution in [0.1, 0.15) is 25.0 Å². The Morgan fingerprint density at radius 1 is 1.60 bits per heavy atom. The van der Waals surface area contributed by atoms with Crippen LogP contribution >= 0.6 is 11.8 Å². The van der Waals surface area contributed by atoms with Crippen LogP contribution < -0.4 is 0 Å². The molecule has 0 fully saturated rings. The number of rotatable bonds is 6. The molecule has 1 rings (SSSR count). The lowest BCUT2D eigenvalue weighted by atomic mass is 10.2. The zero-order valence-corrected chi connectivity index (χ0v) is 9.96. The van der Waals surface area contributed by atoms with Gasteiger partial charge in [-0.3, -0.25) is 0 Å². The second kappa shape index (κ2) is 6.82. The molecule has 0 amide bonds. The van der Waals surface area contributed by atoms with Crippen LogP contribution in [0, 0.1) is 0 Å². The van der Waals surface area contributed by atoms with Gasteiger partial charge in [-0.2, -0.15) is 0 Å². The maximum Gasteiger partial charge on any atom is 0.0963 e. The summed E-state index contributed by atoms with van der Waals surface area (Å²) in [4.78, 5) is 4.23. The second-order valence-corrected chi connectivity index (χ2v) is 4.41. The van der Waals surface area contributed by atoms with Crippen molar-refractivity contribution in [3.8, 4) is 0 Å². The molecule has 15 heavy (non-hydrogen) atoms. The molecule has 0 saturated carbocycles. The lowest BCUT2D eigenvalue weighted by Gasteiger charge is -2.06. The lowest BCUT2D eigenvalue weighted by Crippen LogP contribution is -1.94. The molecule has 1 aromatic heterocycles. The van der Waals surface area contributed by atoms with Crippen molar-refractivity contribution in [2.24, 2.45) is 0 Å². The zero-order chi connectivity index (χ0) is 11.1. The fourth-order valence-corrected chi connectivity index (χ4v) is 1.97. The Morgan fingerprint density at radius 3 is 3.07 bits per heavy atom. The zero-order valence-electron chi connectivity index (χ0n) is 9.14. The fraction of sp³-hybridized carbons (Fsp3) is 0.545. The van der Waals surface area contributed by atoms with Crippen LogP contribution in [-0.2, 0) is 4.74 Å². The maximum absolute atomic E-state index is 9.40. The first-order valence-corrected chi connectivity index (χ1v) is 5.98. The Labute approximate surface area is 94.9 Å². The van der Waals surface area contributed by atoms with Crippen molar-refractivity contribution in [1.82, 2.24) is 4.98 Å². The molecule has 0 aliphatic rings. The normalized spacial score (nSPS) is 12.7. The molecule has 0 radical (unpaired) electrons. The number of ether oxygens (including phenoxy) is 1. The number of thioether (sulfide) groups is 1. The predicted molar refractivity (Wildman–Crippen MR) is 62.1 cm³/mol. The number of nitrogens with zero attached hydrogens (tertiary/aromatic N) is 1. The smallest absolute Gasteiger partial charge is 0.0963 e.